The Hall–Kier alpha value is 0. The molecule has 0 rings (SSSR count). The monoisotopic (exact) mass is 104 g/mol. The van der Waals surface area contributed by atoms with Crippen molar-refractivity contribution < 1.29 is 0 Å². The van der Waals surface area contributed by atoms with Crippen molar-refractivity contribution in [2.75, 3.05) is 0 Å². The first-order chi connectivity index (χ1) is 2.73. The average molecular weight is 104 g/mol. The first kappa shape index (κ1) is 15.8. The molecule has 0 aliphatic rings. The highest BCUT2D eigenvalue weighted by atomic mass is 13.7. The van der Waals surface area contributed by atoms with E-state index in [2.05, 4.69) is 20.8 Å². The average Bonchev–Trinajstić information content (AvgIpc) is 1.41. The van der Waals surface area contributed by atoms with Crippen LogP contribution in [0.3, 0.4) is 0 Å². The molecule has 0 bridgehead atoms. The summed E-state index contributed by atoms with van der Waals surface area (Å²) in [6, 6.07) is 0. The van der Waals surface area contributed by atoms with Gasteiger partial charge in [0.05, 0.1) is 0 Å². The molecule has 0 atom stereocenters. The fourth-order valence-electron chi connectivity index (χ4n) is 0. The second-order valence-corrected chi connectivity index (χ2v) is 1.73. The molecule has 7 heavy (non-hydrogen) atoms. The third kappa shape index (κ3) is 0. The lowest BCUT2D eigenvalue weighted by atomic mass is 10.3. The van der Waals surface area contributed by atoms with E-state index in [-0.39, 0.29) is 7.43 Å². The Balaban J connectivity index is -0.0000000480. The van der Waals surface area contributed by atoms with E-state index in [9.17, 15) is 0 Å². The van der Waals surface area contributed by atoms with E-state index in [1.165, 1.54) is 0 Å². The lowest BCUT2D eigenvalue weighted by Gasteiger charge is -1.79. The molecule has 0 aromatic rings. The van der Waals surface area contributed by atoms with Crippen molar-refractivity contribution in [1.82, 2.24) is 0 Å². The quantitative estimate of drug-likeness (QED) is 0.442. The third-order valence-corrected chi connectivity index (χ3v) is 0. The molecule has 0 amide bonds. The van der Waals surface area contributed by atoms with Crippen LogP contribution in [0.4, 0.5) is 0 Å². The Morgan fingerprint density at radius 1 is 0.857 bits per heavy atom. The van der Waals surface area contributed by atoms with Gasteiger partial charge in [0.2, 0.25) is 0 Å². The van der Waals surface area contributed by atoms with Gasteiger partial charge in [0.15, 0.2) is 0 Å². The molecule has 0 heteroatoms. The molecule has 0 saturated carbocycles. The third-order valence-electron chi connectivity index (χ3n) is 0. The molecule has 0 aromatic heterocycles. The largest absolute Gasteiger partial charge is 0.0776 e. The van der Waals surface area contributed by atoms with E-state index in [0.717, 1.165) is 5.92 Å². The molecule has 0 unspecified atom stereocenters. The van der Waals surface area contributed by atoms with Gasteiger partial charge in [-0.1, -0.05) is 42.0 Å². The molecule has 0 radical (unpaired) electrons. The van der Waals surface area contributed by atoms with Crippen LogP contribution in [-0.4, -0.2) is 0 Å². The highest BCUT2D eigenvalue weighted by molar-refractivity contribution is 4.20. The minimum absolute atomic E-state index is 0. The summed E-state index contributed by atoms with van der Waals surface area (Å²) in [5, 5.41) is 0. The number of hydrogen-bond acceptors (Lipinski definition) is 0. The lowest BCUT2D eigenvalue weighted by molar-refractivity contribution is 0.737. The van der Waals surface area contributed by atoms with Crippen molar-refractivity contribution in [3.05, 3.63) is 0 Å². The van der Waals surface area contributed by atoms with Crippen LogP contribution in [0.25, 0.3) is 0 Å². The van der Waals surface area contributed by atoms with Gasteiger partial charge in [0.1, 0.15) is 0 Å². The summed E-state index contributed by atoms with van der Waals surface area (Å²) in [5.74, 6) is 0.833. The van der Waals surface area contributed by atoms with Crippen molar-refractivity contribution in [2.45, 2.75) is 42.0 Å². The molecule has 0 aromatic carbocycles. The van der Waals surface area contributed by atoms with Gasteiger partial charge >= 0.3 is 0 Å². The van der Waals surface area contributed by atoms with Crippen LogP contribution in [0.5, 0.6) is 0 Å². The minimum atomic E-state index is 0. The standard InChI is InChI=1S/C4H10.C2H6.CH4/c1-4(2)3;1-2;/h4H,1-3H3;1-2H3;1H4. The predicted molar refractivity (Wildman–Crippen MR) is 38.6 cm³/mol. The molecule has 0 fully saturated rings. The highest BCUT2D eigenvalue weighted by Gasteiger charge is 1.68. The van der Waals surface area contributed by atoms with Crippen molar-refractivity contribution in [3.8, 4) is 0 Å². The summed E-state index contributed by atoms with van der Waals surface area (Å²) in [6.45, 7) is 10.5. The van der Waals surface area contributed by atoms with Gasteiger partial charge in [-0.15, -0.1) is 0 Å². The molecule has 0 spiro atoms. The fourth-order valence-corrected chi connectivity index (χ4v) is 0. The van der Waals surface area contributed by atoms with Gasteiger partial charge < -0.3 is 0 Å². The molecule has 0 N–H and O–H groups in total. The van der Waals surface area contributed by atoms with Crippen LogP contribution < -0.4 is 0 Å². The molecule has 0 aliphatic heterocycles. The van der Waals surface area contributed by atoms with Gasteiger partial charge in [-0.2, -0.15) is 0 Å². The highest BCUT2D eigenvalue weighted by Crippen LogP contribution is 1.81. The summed E-state index contributed by atoms with van der Waals surface area (Å²) < 4.78 is 0. The van der Waals surface area contributed by atoms with E-state index in [0.29, 0.717) is 0 Å². The summed E-state index contributed by atoms with van der Waals surface area (Å²) in [4.78, 5) is 0. The van der Waals surface area contributed by atoms with Crippen molar-refractivity contribution in [3.63, 3.8) is 0 Å². The lowest BCUT2D eigenvalue weighted by Crippen LogP contribution is -1.66. The normalized spacial score (nSPS) is 6.00. The van der Waals surface area contributed by atoms with Crippen LogP contribution in [0, 0.1) is 5.92 Å². The zero-order chi connectivity index (χ0) is 5.58. The molecule has 0 saturated heterocycles. The number of hydrogen-bond donors (Lipinski definition) is 0. The van der Waals surface area contributed by atoms with E-state index < -0.39 is 0 Å². The first-order valence-corrected chi connectivity index (χ1v) is 2.73. The molecule has 48 valence electrons. The van der Waals surface area contributed by atoms with Gasteiger partial charge in [0.25, 0.3) is 0 Å². The van der Waals surface area contributed by atoms with Crippen LogP contribution in [-0.2, 0) is 0 Å². The van der Waals surface area contributed by atoms with Crippen LogP contribution in [0.15, 0.2) is 0 Å². The second kappa shape index (κ2) is 16.7. The minimum Gasteiger partial charge on any atom is -0.0776 e. The van der Waals surface area contributed by atoms with Crippen LogP contribution in [0.1, 0.15) is 42.0 Å². The maximum Gasteiger partial charge on any atom is -0.0500 e. The van der Waals surface area contributed by atoms with E-state index >= 15 is 0 Å². The Bertz CT molecular complexity index is 4.75. The topological polar surface area (TPSA) is 0 Å². The SMILES string of the molecule is C.CC.CC(C)C. The van der Waals surface area contributed by atoms with E-state index in [1.54, 1.807) is 0 Å². The molecule has 0 aliphatic carbocycles. The van der Waals surface area contributed by atoms with Gasteiger partial charge in [0, 0.05) is 0 Å². The Morgan fingerprint density at radius 3 is 0.857 bits per heavy atom. The van der Waals surface area contributed by atoms with Crippen LogP contribution >= 0.6 is 0 Å². The van der Waals surface area contributed by atoms with E-state index in [1.807, 2.05) is 13.8 Å². The molecule has 0 heterocycles. The first-order valence-electron chi connectivity index (χ1n) is 2.73. The molecular weight excluding hydrogens is 84.1 g/mol. The van der Waals surface area contributed by atoms with Crippen molar-refractivity contribution in [1.29, 1.82) is 0 Å². The van der Waals surface area contributed by atoms with Gasteiger partial charge in [-0.3, -0.25) is 0 Å². The smallest absolute Gasteiger partial charge is 0.0500 e. The Kier molecular flexibility index (Phi) is 37.5. The zero-order valence-electron chi connectivity index (χ0n) is 5.58. The van der Waals surface area contributed by atoms with Gasteiger partial charge in [-0.25, -0.2) is 0 Å². The summed E-state index contributed by atoms with van der Waals surface area (Å²) >= 11 is 0. The van der Waals surface area contributed by atoms with Gasteiger partial charge in [-0.05, 0) is 5.92 Å². The van der Waals surface area contributed by atoms with Crippen molar-refractivity contribution in [2.24, 2.45) is 5.92 Å². The van der Waals surface area contributed by atoms with Crippen molar-refractivity contribution >= 4 is 0 Å². The maximum absolute atomic E-state index is 2.17. The zero-order valence-corrected chi connectivity index (χ0v) is 5.58. The Morgan fingerprint density at radius 2 is 0.857 bits per heavy atom. The number of rotatable bonds is 0. The summed E-state index contributed by atoms with van der Waals surface area (Å²) in [7, 11) is 0. The molecular formula is C7H20. The van der Waals surface area contributed by atoms with Crippen LogP contribution in [0.2, 0.25) is 0 Å². The fraction of sp³-hybridized carbons (Fsp3) is 1.00. The van der Waals surface area contributed by atoms with E-state index in [4.69, 9.17) is 0 Å². The maximum atomic E-state index is 2.17. The summed E-state index contributed by atoms with van der Waals surface area (Å²) in [6.07, 6.45) is 0. The predicted octanol–water partition coefficient (Wildman–Crippen LogP) is 3.32. The second-order valence-electron chi connectivity index (χ2n) is 1.73. The Labute approximate surface area is 48.9 Å². The molecule has 0 nitrogen and oxygen atoms in total. The summed E-state index contributed by atoms with van der Waals surface area (Å²) in [5.41, 5.74) is 0.